The predicted octanol–water partition coefficient (Wildman–Crippen LogP) is 3.65. The van der Waals surface area contributed by atoms with E-state index in [1.807, 2.05) is 13.8 Å². The molecule has 0 radical (unpaired) electrons. The highest BCUT2D eigenvalue weighted by Gasteiger charge is 2.21. The molecule has 0 aliphatic rings. The highest BCUT2D eigenvalue weighted by molar-refractivity contribution is 5.96. The first kappa shape index (κ1) is 15.3. The Morgan fingerprint density at radius 2 is 2.05 bits per heavy atom. The average molecular weight is 286 g/mol. The number of carbonyl (C=O) groups is 1. The summed E-state index contributed by atoms with van der Waals surface area (Å²) < 4.78 is 5.13. The van der Waals surface area contributed by atoms with E-state index in [1.165, 1.54) is 11.1 Å². The van der Waals surface area contributed by atoms with Crippen molar-refractivity contribution in [2.45, 2.75) is 47.1 Å². The number of nitrogens with one attached hydrogen (secondary N) is 1. The van der Waals surface area contributed by atoms with Crippen LogP contribution in [0.2, 0.25) is 0 Å². The molecule has 1 atom stereocenters. The normalized spacial score (nSPS) is 12.2. The van der Waals surface area contributed by atoms with Crippen LogP contribution in [-0.4, -0.2) is 11.1 Å². The molecule has 1 N–H and O–H groups in total. The van der Waals surface area contributed by atoms with Gasteiger partial charge in [0.2, 0.25) is 0 Å². The van der Waals surface area contributed by atoms with Gasteiger partial charge < -0.3 is 9.84 Å². The first-order valence-corrected chi connectivity index (χ1v) is 7.27. The summed E-state index contributed by atoms with van der Waals surface area (Å²) in [5.41, 5.74) is 4.77. The fraction of sp³-hybridized carbons (Fsp3) is 0.412. The van der Waals surface area contributed by atoms with Crippen LogP contribution in [0.1, 0.15) is 58.4 Å². The van der Waals surface area contributed by atoms with Crippen LogP contribution in [0.3, 0.4) is 0 Å². The van der Waals surface area contributed by atoms with Gasteiger partial charge in [0, 0.05) is 0 Å². The lowest BCUT2D eigenvalue weighted by molar-refractivity contribution is 0.0937. The Bertz CT molecular complexity index is 659. The first-order chi connectivity index (χ1) is 9.93. The standard InChI is InChI=1S/C17H22N2O2/c1-6-15-16(13(5)21-19-15)17(20)18-12(4)14-9-10(2)7-8-11(14)3/h7-9,12H,6H2,1-5H3,(H,18,20)/t12-/m1/s1. The molecule has 1 aromatic carbocycles. The van der Waals surface area contributed by atoms with Crippen molar-refractivity contribution < 1.29 is 9.32 Å². The van der Waals surface area contributed by atoms with Gasteiger partial charge in [0.05, 0.1) is 11.7 Å². The smallest absolute Gasteiger partial charge is 0.257 e. The number of hydrogen-bond acceptors (Lipinski definition) is 3. The molecule has 0 saturated carbocycles. The molecule has 0 saturated heterocycles. The lowest BCUT2D eigenvalue weighted by Gasteiger charge is -2.17. The van der Waals surface area contributed by atoms with Gasteiger partial charge in [-0.15, -0.1) is 0 Å². The molecule has 4 nitrogen and oxygen atoms in total. The van der Waals surface area contributed by atoms with Crippen molar-refractivity contribution >= 4 is 5.91 Å². The molecule has 21 heavy (non-hydrogen) atoms. The van der Waals surface area contributed by atoms with Gasteiger partial charge in [0.25, 0.3) is 5.91 Å². The number of hydrogen-bond donors (Lipinski definition) is 1. The third-order valence-electron chi connectivity index (χ3n) is 3.74. The van der Waals surface area contributed by atoms with E-state index >= 15 is 0 Å². The summed E-state index contributed by atoms with van der Waals surface area (Å²) in [6, 6.07) is 6.21. The topological polar surface area (TPSA) is 55.1 Å². The summed E-state index contributed by atoms with van der Waals surface area (Å²) in [6.45, 7) is 9.83. The zero-order chi connectivity index (χ0) is 15.6. The van der Waals surface area contributed by atoms with Gasteiger partial charge in [-0.3, -0.25) is 4.79 Å². The molecule has 2 rings (SSSR count). The number of aryl methyl sites for hydroxylation is 4. The molecule has 0 bridgehead atoms. The quantitative estimate of drug-likeness (QED) is 0.933. The van der Waals surface area contributed by atoms with Crippen LogP contribution < -0.4 is 5.32 Å². The molecule has 1 heterocycles. The zero-order valence-electron chi connectivity index (χ0n) is 13.3. The number of aromatic nitrogens is 1. The second-order valence-corrected chi connectivity index (χ2v) is 5.47. The fourth-order valence-electron chi connectivity index (χ4n) is 2.52. The Labute approximate surface area is 125 Å². The van der Waals surface area contributed by atoms with Crippen LogP contribution in [0, 0.1) is 20.8 Å². The van der Waals surface area contributed by atoms with Crippen molar-refractivity contribution in [2.24, 2.45) is 0 Å². The highest BCUT2D eigenvalue weighted by atomic mass is 16.5. The van der Waals surface area contributed by atoms with Gasteiger partial charge in [-0.05, 0) is 45.2 Å². The number of amides is 1. The fourth-order valence-corrected chi connectivity index (χ4v) is 2.52. The van der Waals surface area contributed by atoms with E-state index in [2.05, 4.69) is 42.5 Å². The van der Waals surface area contributed by atoms with Crippen LogP contribution >= 0.6 is 0 Å². The van der Waals surface area contributed by atoms with Crippen molar-refractivity contribution in [2.75, 3.05) is 0 Å². The molecule has 2 aromatic rings. The molecular formula is C17H22N2O2. The minimum Gasteiger partial charge on any atom is -0.361 e. The van der Waals surface area contributed by atoms with E-state index < -0.39 is 0 Å². The van der Waals surface area contributed by atoms with Crippen molar-refractivity contribution in [3.8, 4) is 0 Å². The van der Waals surface area contributed by atoms with E-state index in [0.29, 0.717) is 23.4 Å². The predicted molar refractivity (Wildman–Crippen MR) is 82.4 cm³/mol. The molecule has 0 spiro atoms. The van der Waals surface area contributed by atoms with E-state index in [9.17, 15) is 4.79 Å². The molecule has 0 unspecified atom stereocenters. The van der Waals surface area contributed by atoms with Crippen LogP contribution in [0.15, 0.2) is 22.7 Å². The molecule has 0 fully saturated rings. The Morgan fingerprint density at radius 3 is 2.71 bits per heavy atom. The largest absolute Gasteiger partial charge is 0.361 e. The zero-order valence-corrected chi connectivity index (χ0v) is 13.3. The number of benzene rings is 1. The van der Waals surface area contributed by atoms with E-state index in [4.69, 9.17) is 4.52 Å². The van der Waals surface area contributed by atoms with Crippen LogP contribution in [-0.2, 0) is 6.42 Å². The van der Waals surface area contributed by atoms with Crippen LogP contribution in [0.4, 0.5) is 0 Å². The lowest BCUT2D eigenvalue weighted by atomic mass is 9.99. The average Bonchev–Trinajstić information content (AvgIpc) is 2.82. The van der Waals surface area contributed by atoms with Gasteiger partial charge in [-0.2, -0.15) is 0 Å². The molecule has 1 amide bonds. The monoisotopic (exact) mass is 286 g/mol. The Morgan fingerprint density at radius 1 is 1.33 bits per heavy atom. The Balaban J connectivity index is 2.23. The number of carbonyl (C=O) groups excluding carboxylic acids is 1. The van der Waals surface area contributed by atoms with E-state index in [0.717, 1.165) is 5.56 Å². The molecule has 4 heteroatoms. The highest BCUT2D eigenvalue weighted by Crippen LogP contribution is 2.21. The third kappa shape index (κ3) is 3.15. The second kappa shape index (κ2) is 6.12. The molecule has 112 valence electrons. The summed E-state index contributed by atoms with van der Waals surface area (Å²) in [4.78, 5) is 12.5. The molecular weight excluding hydrogens is 264 g/mol. The minimum atomic E-state index is -0.126. The summed E-state index contributed by atoms with van der Waals surface area (Å²) in [5.74, 6) is 0.441. The second-order valence-electron chi connectivity index (χ2n) is 5.47. The maximum absolute atomic E-state index is 12.5. The molecule has 0 aliphatic heterocycles. The van der Waals surface area contributed by atoms with Crippen molar-refractivity contribution in [3.05, 3.63) is 51.9 Å². The van der Waals surface area contributed by atoms with Crippen molar-refractivity contribution in [1.82, 2.24) is 10.5 Å². The summed E-state index contributed by atoms with van der Waals surface area (Å²) in [5, 5.41) is 6.97. The first-order valence-electron chi connectivity index (χ1n) is 7.27. The Hall–Kier alpha value is -2.10. The van der Waals surface area contributed by atoms with Crippen LogP contribution in [0.5, 0.6) is 0 Å². The molecule has 1 aromatic heterocycles. The van der Waals surface area contributed by atoms with Crippen molar-refractivity contribution in [3.63, 3.8) is 0 Å². The lowest BCUT2D eigenvalue weighted by Crippen LogP contribution is -2.28. The maximum Gasteiger partial charge on any atom is 0.257 e. The molecule has 0 aliphatic carbocycles. The summed E-state index contributed by atoms with van der Waals surface area (Å²) >= 11 is 0. The van der Waals surface area contributed by atoms with Crippen LogP contribution in [0.25, 0.3) is 0 Å². The van der Waals surface area contributed by atoms with Gasteiger partial charge in [0.1, 0.15) is 11.3 Å². The van der Waals surface area contributed by atoms with E-state index in [1.54, 1.807) is 6.92 Å². The van der Waals surface area contributed by atoms with Gasteiger partial charge in [-0.1, -0.05) is 35.8 Å². The van der Waals surface area contributed by atoms with Gasteiger partial charge >= 0.3 is 0 Å². The van der Waals surface area contributed by atoms with Gasteiger partial charge in [-0.25, -0.2) is 0 Å². The summed E-state index contributed by atoms with van der Waals surface area (Å²) in [6.07, 6.45) is 0.679. The maximum atomic E-state index is 12.5. The SMILES string of the molecule is CCc1noc(C)c1C(=O)N[C@H](C)c1cc(C)ccc1C. The van der Waals surface area contributed by atoms with E-state index in [-0.39, 0.29) is 11.9 Å². The number of rotatable bonds is 4. The van der Waals surface area contributed by atoms with Gasteiger partial charge in [0.15, 0.2) is 0 Å². The minimum absolute atomic E-state index is 0.0589. The van der Waals surface area contributed by atoms with Crippen molar-refractivity contribution in [1.29, 1.82) is 0 Å². The Kier molecular flexibility index (Phi) is 4.46. The third-order valence-corrected chi connectivity index (χ3v) is 3.74. The number of nitrogens with zero attached hydrogens (tertiary/aromatic N) is 1. The summed E-state index contributed by atoms with van der Waals surface area (Å²) in [7, 11) is 0.